The Kier molecular flexibility index (Phi) is 4.40. The van der Waals surface area contributed by atoms with Gasteiger partial charge in [0.15, 0.2) is 0 Å². The number of benzene rings is 1. The Morgan fingerprint density at radius 3 is 2.28 bits per heavy atom. The van der Waals surface area contributed by atoms with E-state index >= 15 is 0 Å². The molecule has 0 aliphatic heterocycles. The third kappa shape index (κ3) is 3.33. The van der Waals surface area contributed by atoms with Gasteiger partial charge >= 0.3 is 0 Å². The molecule has 2 nitrogen and oxygen atoms in total. The van der Waals surface area contributed by atoms with Gasteiger partial charge in [-0.3, -0.25) is 4.98 Å². The molecule has 0 spiro atoms. The minimum absolute atomic E-state index is 0.774. The summed E-state index contributed by atoms with van der Waals surface area (Å²) >= 11 is 6.94. The molecule has 0 amide bonds. The summed E-state index contributed by atoms with van der Waals surface area (Å²) in [6.07, 6.45) is 3.67. The third-order valence-electron chi connectivity index (χ3n) is 2.73. The van der Waals surface area contributed by atoms with E-state index in [1.54, 1.807) is 6.20 Å². The Morgan fingerprint density at radius 1 is 1.00 bits per heavy atom. The first kappa shape index (κ1) is 13.6. The van der Waals surface area contributed by atoms with E-state index in [0.717, 1.165) is 21.1 Å². The van der Waals surface area contributed by atoms with Crippen molar-refractivity contribution in [1.29, 1.82) is 0 Å². The van der Waals surface area contributed by atoms with Gasteiger partial charge in [0.2, 0.25) is 0 Å². The molecule has 0 saturated heterocycles. The molecule has 0 aliphatic rings. The molecule has 4 heteroatoms. The summed E-state index contributed by atoms with van der Waals surface area (Å²) < 4.78 is 2.12. The molecule has 0 bridgehead atoms. The van der Waals surface area contributed by atoms with Gasteiger partial charge < -0.3 is 5.32 Å². The van der Waals surface area contributed by atoms with Crippen LogP contribution in [-0.4, -0.2) is 4.98 Å². The van der Waals surface area contributed by atoms with Crippen molar-refractivity contribution in [2.75, 3.05) is 5.32 Å². The first-order chi connectivity index (χ1) is 8.56. The minimum Gasteiger partial charge on any atom is -0.380 e. The zero-order valence-corrected chi connectivity index (χ0v) is 13.5. The Labute approximate surface area is 124 Å². The fraction of sp³-hybridized carbons (Fsp3) is 0.214. The second-order valence-electron chi connectivity index (χ2n) is 4.28. The van der Waals surface area contributed by atoms with Crippen molar-refractivity contribution >= 4 is 37.5 Å². The fourth-order valence-electron chi connectivity index (χ4n) is 1.93. The predicted molar refractivity (Wildman–Crippen MR) is 82.9 cm³/mol. The first-order valence-electron chi connectivity index (χ1n) is 5.66. The van der Waals surface area contributed by atoms with Crippen molar-refractivity contribution in [3.63, 3.8) is 0 Å². The van der Waals surface area contributed by atoms with Gasteiger partial charge in [0.25, 0.3) is 0 Å². The maximum Gasteiger partial charge on any atom is 0.0416 e. The van der Waals surface area contributed by atoms with Gasteiger partial charge in [-0.25, -0.2) is 0 Å². The van der Waals surface area contributed by atoms with E-state index in [0.29, 0.717) is 0 Å². The highest BCUT2D eigenvalue weighted by Gasteiger charge is 2.04. The SMILES string of the molecule is Cc1cc(Br)cc(C)c1NCc1cncc(Br)c1. The number of aryl methyl sites for hydroxylation is 2. The molecule has 2 rings (SSSR count). The topological polar surface area (TPSA) is 24.9 Å². The number of hydrogen-bond donors (Lipinski definition) is 1. The van der Waals surface area contributed by atoms with Crippen LogP contribution in [0.25, 0.3) is 0 Å². The molecule has 1 aromatic carbocycles. The fourth-order valence-corrected chi connectivity index (χ4v) is 3.03. The highest BCUT2D eigenvalue weighted by atomic mass is 79.9. The Bertz CT molecular complexity index is 544. The summed E-state index contributed by atoms with van der Waals surface area (Å²) in [4.78, 5) is 4.16. The number of rotatable bonds is 3. The van der Waals surface area contributed by atoms with E-state index < -0.39 is 0 Å². The van der Waals surface area contributed by atoms with E-state index in [9.17, 15) is 0 Å². The Balaban J connectivity index is 2.16. The van der Waals surface area contributed by atoms with Crippen LogP contribution >= 0.6 is 31.9 Å². The van der Waals surface area contributed by atoms with Crippen molar-refractivity contribution < 1.29 is 0 Å². The number of halogens is 2. The number of pyridine rings is 1. The van der Waals surface area contributed by atoms with Gasteiger partial charge in [-0.1, -0.05) is 15.9 Å². The molecule has 0 unspecified atom stereocenters. The summed E-state index contributed by atoms with van der Waals surface area (Å²) in [5.74, 6) is 0. The van der Waals surface area contributed by atoms with Gasteiger partial charge in [-0.2, -0.15) is 0 Å². The second kappa shape index (κ2) is 5.85. The second-order valence-corrected chi connectivity index (χ2v) is 6.11. The Morgan fingerprint density at radius 2 is 1.67 bits per heavy atom. The predicted octanol–water partition coefficient (Wildman–Crippen LogP) is 4.84. The smallest absolute Gasteiger partial charge is 0.0416 e. The van der Waals surface area contributed by atoms with Crippen LogP contribution in [0.2, 0.25) is 0 Å². The minimum atomic E-state index is 0.774. The summed E-state index contributed by atoms with van der Waals surface area (Å²) in [6.45, 7) is 4.99. The molecule has 0 aliphatic carbocycles. The maximum atomic E-state index is 4.16. The van der Waals surface area contributed by atoms with Gasteiger partial charge in [-0.15, -0.1) is 0 Å². The zero-order valence-electron chi connectivity index (χ0n) is 10.3. The van der Waals surface area contributed by atoms with Gasteiger partial charge in [0.1, 0.15) is 0 Å². The lowest BCUT2D eigenvalue weighted by molar-refractivity contribution is 1.09. The molecular weight excluding hydrogens is 356 g/mol. The van der Waals surface area contributed by atoms with Crippen LogP contribution in [0.3, 0.4) is 0 Å². The summed E-state index contributed by atoms with van der Waals surface area (Å²) in [6, 6.07) is 6.31. The molecule has 2 aromatic rings. The van der Waals surface area contributed by atoms with E-state index in [1.165, 1.54) is 16.8 Å². The third-order valence-corrected chi connectivity index (χ3v) is 3.62. The maximum absolute atomic E-state index is 4.16. The van der Waals surface area contributed by atoms with E-state index in [1.807, 2.05) is 6.20 Å². The average molecular weight is 370 g/mol. The quantitative estimate of drug-likeness (QED) is 0.837. The van der Waals surface area contributed by atoms with Crippen LogP contribution in [-0.2, 0) is 6.54 Å². The summed E-state index contributed by atoms with van der Waals surface area (Å²) in [5.41, 5.74) is 4.83. The molecule has 0 radical (unpaired) electrons. The molecule has 18 heavy (non-hydrogen) atoms. The molecular formula is C14H14Br2N2. The summed E-state index contributed by atoms with van der Waals surface area (Å²) in [5, 5.41) is 3.47. The van der Waals surface area contributed by atoms with Crippen molar-refractivity contribution in [2.45, 2.75) is 20.4 Å². The molecule has 0 fully saturated rings. The van der Waals surface area contributed by atoms with Crippen molar-refractivity contribution in [3.8, 4) is 0 Å². The average Bonchev–Trinajstić information content (AvgIpc) is 2.27. The van der Waals surface area contributed by atoms with Gasteiger partial charge in [0, 0.05) is 33.6 Å². The highest BCUT2D eigenvalue weighted by molar-refractivity contribution is 9.10. The van der Waals surface area contributed by atoms with E-state index in [2.05, 4.69) is 74.2 Å². The molecule has 0 atom stereocenters. The van der Waals surface area contributed by atoms with Crippen LogP contribution in [0.5, 0.6) is 0 Å². The van der Waals surface area contributed by atoms with Crippen LogP contribution in [0, 0.1) is 13.8 Å². The molecule has 1 aromatic heterocycles. The van der Waals surface area contributed by atoms with Crippen molar-refractivity contribution in [2.24, 2.45) is 0 Å². The number of anilines is 1. The number of aromatic nitrogens is 1. The van der Waals surface area contributed by atoms with Gasteiger partial charge in [0.05, 0.1) is 0 Å². The number of hydrogen-bond acceptors (Lipinski definition) is 2. The van der Waals surface area contributed by atoms with Gasteiger partial charge in [-0.05, 0) is 64.7 Å². The van der Waals surface area contributed by atoms with Crippen molar-refractivity contribution in [1.82, 2.24) is 4.98 Å². The first-order valence-corrected chi connectivity index (χ1v) is 7.25. The monoisotopic (exact) mass is 368 g/mol. The van der Waals surface area contributed by atoms with E-state index in [4.69, 9.17) is 0 Å². The van der Waals surface area contributed by atoms with Crippen molar-refractivity contribution in [3.05, 3.63) is 56.2 Å². The highest BCUT2D eigenvalue weighted by Crippen LogP contribution is 2.25. The van der Waals surface area contributed by atoms with Crippen LogP contribution < -0.4 is 5.32 Å². The standard InChI is InChI=1S/C14H14Br2N2/c1-9-3-12(15)4-10(2)14(9)18-7-11-5-13(16)8-17-6-11/h3-6,8,18H,7H2,1-2H3. The lowest BCUT2D eigenvalue weighted by atomic mass is 10.1. The molecule has 0 saturated carbocycles. The number of nitrogens with zero attached hydrogens (tertiary/aromatic N) is 1. The lowest BCUT2D eigenvalue weighted by Crippen LogP contribution is -2.03. The van der Waals surface area contributed by atoms with Crippen LogP contribution in [0.1, 0.15) is 16.7 Å². The molecule has 1 heterocycles. The molecule has 1 N–H and O–H groups in total. The lowest BCUT2D eigenvalue weighted by Gasteiger charge is -2.13. The normalized spacial score (nSPS) is 10.4. The van der Waals surface area contributed by atoms with E-state index in [-0.39, 0.29) is 0 Å². The Hall–Kier alpha value is -0.870. The van der Waals surface area contributed by atoms with Crippen LogP contribution in [0.15, 0.2) is 39.5 Å². The zero-order chi connectivity index (χ0) is 13.1. The largest absolute Gasteiger partial charge is 0.380 e. The summed E-state index contributed by atoms with van der Waals surface area (Å²) in [7, 11) is 0. The number of nitrogens with one attached hydrogen (secondary N) is 1. The van der Waals surface area contributed by atoms with Crippen LogP contribution in [0.4, 0.5) is 5.69 Å². The molecule has 94 valence electrons.